The fourth-order valence-electron chi connectivity index (χ4n) is 0.852. The zero-order valence-corrected chi connectivity index (χ0v) is 14.6. The number of aliphatic hydroxyl groups is 2. The number of hydrogen-bond donors (Lipinski definition) is 3. The zero-order valence-electron chi connectivity index (χ0n) is 13.0. The largest absolute Gasteiger partial charge is 0.481 e. The average molecular weight is 326 g/mol. The van der Waals surface area contributed by atoms with Gasteiger partial charge in [-0.3, -0.25) is 9.59 Å². The summed E-state index contributed by atoms with van der Waals surface area (Å²) in [4.78, 5) is 20.3. The summed E-state index contributed by atoms with van der Waals surface area (Å²) in [5.41, 5.74) is 0. The molecule has 0 aliphatic carbocycles. The maximum atomic E-state index is 10.5. The van der Waals surface area contributed by atoms with Crippen molar-refractivity contribution < 1.29 is 46.6 Å². The van der Waals surface area contributed by atoms with Crippen LogP contribution >= 0.6 is 0 Å². The van der Waals surface area contributed by atoms with Gasteiger partial charge in [-0.05, 0) is 19.3 Å². The molecule has 0 fully saturated rings. The third-order valence-corrected chi connectivity index (χ3v) is 1.90. The molecule has 0 aliphatic heterocycles. The minimum Gasteiger partial charge on any atom is -0.481 e. The molecule has 120 valence electrons. The first-order valence-corrected chi connectivity index (χ1v) is 6.95. The van der Waals surface area contributed by atoms with Gasteiger partial charge in [0, 0.05) is 41.4 Å². The maximum absolute atomic E-state index is 10.5. The van der Waals surface area contributed by atoms with E-state index in [1.165, 1.54) is 0 Å². The molecule has 0 aliphatic rings. The predicted octanol–water partition coefficient (Wildman–Crippen LogP) is 2.39. The molecule has 0 unspecified atom stereocenters. The Labute approximate surface area is 137 Å². The van der Waals surface area contributed by atoms with Crippen molar-refractivity contribution in [2.24, 2.45) is 0 Å². The van der Waals surface area contributed by atoms with E-state index in [9.17, 15) is 9.59 Å². The Morgan fingerprint density at radius 3 is 1.40 bits per heavy atom. The molecular formula is C14H30O5Ti. The molecule has 3 N–H and O–H groups in total. The van der Waals surface area contributed by atoms with Crippen molar-refractivity contribution in [3.63, 3.8) is 0 Å². The standard InChI is InChI=1S/C6H10O3.2C4H10O.Ti/c1-2-3-5(7)4-6(8)9;2*1-2-3-4-5;/h2-4H2,1H3,(H,8,9);2*5H,2-4H2,1H3;. The zero-order chi connectivity index (χ0) is 15.5. The third kappa shape index (κ3) is 43.1. The Morgan fingerprint density at radius 2 is 1.25 bits per heavy atom. The van der Waals surface area contributed by atoms with Gasteiger partial charge < -0.3 is 15.3 Å². The van der Waals surface area contributed by atoms with Crippen LogP contribution in [-0.2, 0) is 31.3 Å². The monoisotopic (exact) mass is 326 g/mol. The van der Waals surface area contributed by atoms with Crippen molar-refractivity contribution >= 4 is 11.8 Å². The van der Waals surface area contributed by atoms with Crippen LogP contribution in [0.1, 0.15) is 65.7 Å². The van der Waals surface area contributed by atoms with Gasteiger partial charge in [0.1, 0.15) is 12.2 Å². The van der Waals surface area contributed by atoms with Crippen LogP contribution in [0.25, 0.3) is 0 Å². The van der Waals surface area contributed by atoms with Gasteiger partial charge in [0.25, 0.3) is 0 Å². The van der Waals surface area contributed by atoms with Crippen LogP contribution < -0.4 is 0 Å². The number of rotatable bonds is 8. The number of carbonyl (C=O) groups is 2. The van der Waals surface area contributed by atoms with Crippen molar-refractivity contribution in [3.8, 4) is 0 Å². The molecule has 0 saturated heterocycles. The van der Waals surface area contributed by atoms with Crippen LogP contribution in [0.2, 0.25) is 0 Å². The van der Waals surface area contributed by atoms with Crippen LogP contribution in [0.5, 0.6) is 0 Å². The summed E-state index contributed by atoms with van der Waals surface area (Å²) in [5, 5.41) is 24.2. The quantitative estimate of drug-likeness (QED) is 0.470. The number of carboxylic acids is 1. The van der Waals surface area contributed by atoms with Crippen molar-refractivity contribution in [1.82, 2.24) is 0 Å². The Morgan fingerprint density at radius 1 is 0.850 bits per heavy atom. The fraction of sp³-hybridized carbons (Fsp3) is 0.857. The summed E-state index contributed by atoms with van der Waals surface area (Å²) in [6.45, 7) is 6.64. The van der Waals surface area contributed by atoms with Gasteiger partial charge in [-0.15, -0.1) is 0 Å². The van der Waals surface area contributed by atoms with Gasteiger partial charge in [0.05, 0.1) is 0 Å². The van der Waals surface area contributed by atoms with Gasteiger partial charge in [0.15, 0.2) is 0 Å². The minimum atomic E-state index is -1.03. The van der Waals surface area contributed by atoms with E-state index in [1.54, 1.807) is 0 Å². The maximum Gasteiger partial charge on any atom is 0.310 e. The van der Waals surface area contributed by atoms with Gasteiger partial charge in [-0.25, -0.2) is 0 Å². The first kappa shape index (κ1) is 28.0. The number of Topliss-reactive ketones (excluding diaryl/α,β-unsaturated/α-hetero) is 1. The van der Waals surface area contributed by atoms with Gasteiger partial charge in [-0.2, -0.15) is 0 Å². The summed E-state index contributed by atoms with van der Waals surface area (Å²) in [5.74, 6) is -1.22. The molecule has 0 aromatic carbocycles. The Kier molecular flexibility index (Phi) is 38.1. The van der Waals surface area contributed by atoms with Crippen molar-refractivity contribution in [3.05, 3.63) is 0 Å². The molecule has 0 aromatic rings. The molecule has 0 bridgehead atoms. The van der Waals surface area contributed by atoms with Crippen LogP contribution in [0.3, 0.4) is 0 Å². The molecule has 0 saturated carbocycles. The van der Waals surface area contributed by atoms with E-state index in [4.69, 9.17) is 15.3 Å². The summed E-state index contributed by atoms with van der Waals surface area (Å²) in [6.07, 6.45) is 4.86. The smallest absolute Gasteiger partial charge is 0.310 e. The summed E-state index contributed by atoms with van der Waals surface area (Å²) >= 11 is 0. The first-order valence-electron chi connectivity index (χ1n) is 6.95. The molecule has 6 heteroatoms. The van der Waals surface area contributed by atoms with Crippen molar-refractivity contribution in [2.75, 3.05) is 13.2 Å². The molecule has 0 spiro atoms. The normalized spacial score (nSPS) is 8.25. The van der Waals surface area contributed by atoms with E-state index in [1.807, 2.05) is 6.92 Å². The summed E-state index contributed by atoms with van der Waals surface area (Å²) in [6, 6.07) is 0. The van der Waals surface area contributed by atoms with Gasteiger partial charge >= 0.3 is 5.97 Å². The summed E-state index contributed by atoms with van der Waals surface area (Å²) < 4.78 is 0. The van der Waals surface area contributed by atoms with Crippen LogP contribution in [0.15, 0.2) is 0 Å². The molecule has 0 radical (unpaired) electrons. The Hall–Kier alpha value is -0.226. The molecule has 5 nitrogen and oxygen atoms in total. The number of unbranched alkanes of at least 4 members (excludes halogenated alkanes) is 2. The second-order valence-corrected chi connectivity index (χ2v) is 4.01. The van der Waals surface area contributed by atoms with Crippen molar-refractivity contribution in [1.29, 1.82) is 0 Å². The van der Waals surface area contributed by atoms with Gasteiger partial charge in [-0.1, -0.05) is 33.6 Å². The van der Waals surface area contributed by atoms with Crippen LogP contribution in [0, 0.1) is 0 Å². The fourth-order valence-corrected chi connectivity index (χ4v) is 0.852. The van der Waals surface area contributed by atoms with Crippen LogP contribution in [-0.4, -0.2) is 40.3 Å². The Balaban J connectivity index is -0.000000101. The number of aliphatic carboxylic acids is 1. The van der Waals surface area contributed by atoms with Gasteiger partial charge in [0.2, 0.25) is 0 Å². The van der Waals surface area contributed by atoms with E-state index in [0.29, 0.717) is 19.6 Å². The number of carboxylic acid groups (broad SMARTS) is 1. The van der Waals surface area contributed by atoms with E-state index < -0.39 is 5.97 Å². The SMILES string of the molecule is CCCC(=O)CC(=O)O.CCCCO.CCCCO.[Ti]. The number of ketones is 1. The van der Waals surface area contributed by atoms with Crippen LogP contribution in [0.4, 0.5) is 0 Å². The third-order valence-electron chi connectivity index (χ3n) is 1.90. The summed E-state index contributed by atoms with van der Waals surface area (Å²) in [7, 11) is 0. The first-order chi connectivity index (χ1) is 8.99. The van der Waals surface area contributed by atoms with E-state index in [0.717, 1.165) is 32.1 Å². The molecule has 0 rings (SSSR count). The minimum absolute atomic E-state index is 0. The second kappa shape index (κ2) is 27.2. The number of carbonyl (C=O) groups excluding carboxylic acids is 1. The van der Waals surface area contributed by atoms with E-state index in [-0.39, 0.29) is 33.9 Å². The average Bonchev–Trinajstić information content (AvgIpc) is 2.32. The molecule has 0 atom stereocenters. The Bertz CT molecular complexity index is 188. The molecule has 0 heterocycles. The molecule has 0 amide bonds. The second-order valence-electron chi connectivity index (χ2n) is 4.01. The predicted molar refractivity (Wildman–Crippen MR) is 76.2 cm³/mol. The number of hydrogen-bond acceptors (Lipinski definition) is 4. The number of aliphatic hydroxyl groups excluding tert-OH is 2. The molecule has 0 aromatic heterocycles. The van der Waals surface area contributed by atoms with Crippen molar-refractivity contribution in [2.45, 2.75) is 65.7 Å². The molecule has 20 heavy (non-hydrogen) atoms. The topological polar surface area (TPSA) is 94.8 Å². The molecular weight excluding hydrogens is 296 g/mol. The van der Waals surface area contributed by atoms with E-state index in [2.05, 4.69) is 13.8 Å². The van der Waals surface area contributed by atoms with E-state index >= 15 is 0 Å².